The molecule has 0 saturated carbocycles. The lowest BCUT2D eigenvalue weighted by molar-refractivity contribution is -0.116. The molecular formula is C15H31OS+. The number of unbranched alkanes of at least 4 members (excludes halogenated alkanes) is 4. The SMILES string of the molecule is CCCCCC(=O)C[S+](CCCC)CCCC. The van der Waals surface area contributed by atoms with Gasteiger partial charge in [0.05, 0.1) is 0 Å². The number of hydrogen-bond acceptors (Lipinski definition) is 1. The van der Waals surface area contributed by atoms with Crippen molar-refractivity contribution < 1.29 is 4.79 Å². The average Bonchev–Trinajstić information content (AvgIpc) is 2.33. The first-order valence-corrected chi connectivity index (χ1v) is 9.13. The van der Waals surface area contributed by atoms with E-state index in [-0.39, 0.29) is 0 Å². The first kappa shape index (κ1) is 17.0. The van der Waals surface area contributed by atoms with Crippen molar-refractivity contribution >= 4 is 16.7 Å². The summed E-state index contributed by atoms with van der Waals surface area (Å²) in [5.41, 5.74) is 0. The van der Waals surface area contributed by atoms with Crippen LogP contribution in [0.4, 0.5) is 0 Å². The van der Waals surface area contributed by atoms with Crippen molar-refractivity contribution in [2.45, 2.75) is 72.1 Å². The molecule has 0 bridgehead atoms. The Kier molecular flexibility index (Phi) is 12.5. The highest BCUT2D eigenvalue weighted by atomic mass is 32.2. The zero-order valence-electron chi connectivity index (χ0n) is 12.1. The van der Waals surface area contributed by atoms with Crippen LogP contribution in [-0.2, 0) is 15.7 Å². The van der Waals surface area contributed by atoms with Crippen LogP contribution < -0.4 is 0 Å². The zero-order valence-corrected chi connectivity index (χ0v) is 12.9. The Hall–Kier alpha value is 0.0200. The molecule has 0 heterocycles. The maximum absolute atomic E-state index is 11.9. The maximum Gasteiger partial charge on any atom is 0.181 e. The van der Waals surface area contributed by atoms with E-state index in [2.05, 4.69) is 20.8 Å². The maximum atomic E-state index is 11.9. The molecule has 0 saturated heterocycles. The largest absolute Gasteiger partial charge is 0.294 e. The van der Waals surface area contributed by atoms with Crippen LogP contribution in [0.5, 0.6) is 0 Å². The van der Waals surface area contributed by atoms with Gasteiger partial charge in [-0.25, -0.2) is 0 Å². The number of rotatable bonds is 12. The van der Waals surface area contributed by atoms with Gasteiger partial charge in [0.2, 0.25) is 0 Å². The molecule has 0 aromatic carbocycles. The Balaban J connectivity index is 3.81. The van der Waals surface area contributed by atoms with E-state index in [0.717, 1.165) is 18.6 Å². The molecule has 0 fully saturated rings. The van der Waals surface area contributed by atoms with E-state index in [0.29, 0.717) is 16.7 Å². The van der Waals surface area contributed by atoms with Crippen molar-refractivity contribution in [1.29, 1.82) is 0 Å². The fourth-order valence-electron chi connectivity index (χ4n) is 1.82. The summed E-state index contributed by atoms with van der Waals surface area (Å²) in [6.07, 6.45) is 9.49. The lowest BCUT2D eigenvalue weighted by Gasteiger charge is -2.07. The summed E-state index contributed by atoms with van der Waals surface area (Å²) in [5.74, 6) is 3.98. The Morgan fingerprint density at radius 3 is 1.82 bits per heavy atom. The van der Waals surface area contributed by atoms with Gasteiger partial charge < -0.3 is 0 Å². The summed E-state index contributed by atoms with van der Waals surface area (Å²) >= 11 is 0. The van der Waals surface area contributed by atoms with E-state index < -0.39 is 0 Å². The first-order valence-electron chi connectivity index (χ1n) is 7.40. The molecule has 0 rings (SSSR count). The predicted octanol–water partition coefficient (Wildman–Crippen LogP) is 4.35. The second-order valence-corrected chi connectivity index (χ2v) is 7.20. The molecule has 0 aliphatic carbocycles. The number of hydrogen-bond donors (Lipinski definition) is 0. The smallest absolute Gasteiger partial charge is 0.181 e. The van der Waals surface area contributed by atoms with Gasteiger partial charge in [-0.3, -0.25) is 4.79 Å². The van der Waals surface area contributed by atoms with Gasteiger partial charge >= 0.3 is 0 Å². The molecule has 2 heteroatoms. The Labute approximate surface area is 111 Å². The molecule has 0 N–H and O–H groups in total. The fourth-order valence-corrected chi connectivity index (χ4v) is 4.30. The molecular weight excluding hydrogens is 228 g/mol. The number of ketones is 1. The zero-order chi connectivity index (χ0) is 12.9. The summed E-state index contributed by atoms with van der Waals surface area (Å²) in [6.45, 7) is 6.67. The average molecular weight is 259 g/mol. The van der Waals surface area contributed by atoms with E-state index >= 15 is 0 Å². The molecule has 0 spiro atoms. The second-order valence-electron chi connectivity index (χ2n) is 4.87. The van der Waals surface area contributed by atoms with Crippen LogP contribution in [0.25, 0.3) is 0 Å². The molecule has 0 amide bonds. The second kappa shape index (κ2) is 12.5. The van der Waals surface area contributed by atoms with Crippen LogP contribution >= 0.6 is 0 Å². The van der Waals surface area contributed by atoms with Crippen molar-refractivity contribution in [2.75, 3.05) is 17.3 Å². The molecule has 0 radical (unpaired) electrons. The van der Waals surface area contributed by atoms with Gasteiger partial charge in [-0.05, 0) is 30.2 Å². The van der Waals surface area contributed by atoms with Gasteiger partial charge in [-0.1, -0.05) is 46.5 Å². The predicted molar refractivity (Wildman–Crippen MR) is 80.9 cm³/mol. The minimum Gasteiger partial charge on any atom is -0.294 e. The molecule has 0 unspecified atom stereocenters. The quantitative estimate of drug-likeness (QED) is 0.376. The molecule has 0 aliphatic heterocycles. The summed E-state index contributed by atoms with van der Waals surface area (Å²) in [6, 6.07) is 0. The standard InChI is InChI=1S/C15H31OS/c1-4-7-10-11-15(16)14-17(12-8-5-2)13-9-6-3/h4-14H2,1-3H3/q+1. The summed E-state index contributed by atoms with van der Waals surface area (Å²) in [4.78, 5) is 11.9. The Bertz CT molecular complexity index is 172. The molecule has 102 valence electrons. The van der Waals surface area contributed by atoms with E-state index in [1.165, 1.54) is 50.0 Å². The molecule has 17 heavy (non-hydrogen) atoms. The summed E-state index contributed by atoms with van der Waals surface area (Å²) < 4.78 is 0. The van der Waals surface area contributed by atoms with E-state index in [9.17, 15) is 4.79 Å². The molecule has 0 aromatic heterocycles. The third-order valence-electron chi connectivity index (χ3n) is 3.00. The van der Waals surface area contributed by atoms with Crippen molar-refractivity contribution in [1.82, 2.24) is 0 Å². The number of carbonyl (C=O) groups excluding carboxylic acids is 1. The van der Waals surface area contributed by atoms with Crippen LogP contribution in [0.1, 0.15) is 72.1 Å². The van der Waals surface area contributed by atoms with Gasteiger partial charge in [0, 0.05) is 6.42 Å². The lowest BCUT2D eigenvalue weighted by atomic mass is 10.2. The van der Waals surface area contributed by atoms with E-state index in [4.69, 9.17) is 0 Å². The molecule has 0 atom stereocenters. The fraction of sp³-hybridized carbons (Fsp3) is 0.933. The Morgan fingerprint density at radius 1 is 0.824 bits per heavy atom. The topological polar surface area (TPSA) is 17.1 Å². The van der Waals surface area contributed by atoms with Gasteiger partial charge in [-0.2, -0.15) is 0 Å². The highest BCUT2D eigenvalue weighted by Crippen LogP contribution is 2.09. The van der Waals surface area contributed by atoms with Gasteiger partial charge in [-0.15, -0.1) is 0 Å². The lowest BCUT2D eigenvalue weighted by Crippen LogP contribution is -2.22. The van der Waals surface area contributed by atoms with Crippen molar-refractivity contribution in [2.24, 2.45) is 0 Å². The molecule has 1 nitrogen and oxygen atoms in total. The van der Waals surface area contributed by atoms with Crippen molar-refractivity contribution in [3.63, 3.8) is 0 Å². The van der Waals surface area contributed by atoms with Crippen LogP contribution in [0.15, 0.2) is 0 Å². The first-order chi connectivity index (χ1) is 8.24. The van der Waals surface area contributed by atoms with Gasteiger partial charge in [0.15, 0.2) is 11.5 Å². The van der Waals surface area contributed by atoms with Crippen LogP contribution in [0, 0.1) is 0 Å². The van der Waals surface area contributed by atoms with E-state index in [1.807, 2.05) is 0 Å². The highest BCUT2D eigenvalue weighted by molar-refractivity contribution is 7.97. The third-order valence-corrected chi connectivity index (χ3v) is 5.46. The van der Waals surface area contributed by atoms with Crippen LogP contribution in [0.2, 0.25) is 0 Å². The minimum atomic E-state index is 0.391. The van der Waals surface area contributed by atoms with Crippen LogP contribution in [-0.4, -0.2) is 23.0 Å². The normalized spacial score (nSPS) is 11.1. The van der Waals surface area contributed by atoms with Gasteiger partial charge in [0.1, 0.15) is 11.5 Å². The van der Waals surface area contributed by atoms with E-state index in [1.54, 1.807) is 0 Å². The number of Topliss-reactive ketones (excluding diaryl/α,β-unsaturated/α-hetero) is 1. The van der Waals surface area contributed by atoms with Crippen molar-refractivity contribution in [3.8, 4) is 0 Å². The monoisotopic (exact) mass is 259 g/mol. The third kappa shape index (κ3) is 10.9. The minimum absolute atomic E-state index is 0.391. The Morgan fingerprint density at radius 2 is 1.35 bits per heavy atom. The summed E-state index contributed by atoms with van der Waals surface area (Å²) in [7, 11) is 0.391. The summed E-state index contributed by atoms with van der Waals surface area (Å²) in [5, 5.41) is 0. The van der Waals surface area contributed by atoms with Gasteiger partial charge in [0.25, 0.3) is 0 Å². The number of carbonyl (C=O) groups is 1. The van der Waals surface area contributed by atoms with Crippen LogP contribution in [0.3, 0.4) is 0 Å². The molecule has 0 aromatic rings. The molecule has 0 aliphatic rings. The highest BCUT2D eigenvalue weighted by Gasteiger charge is 2.20. The van der Waals surface area contributed by atoms with Crippen molar-refractivity contribution in [3.05, 3.63) is 0 Å².